The number of unbranched alkanes of at least 4 members (excludes halogenated alkanes) is 8. The molecule has 2 atom stereocenters. The van der Waals surface area contributed by atoms with Gasteiger partial charge in [-0.15, -0.1) is 0 Å². The molecule has 0 bridgehead atoms. The van der Waals surface area contributed by atoms with Gasteiger partial charge in [-0.1, -0.05) is 91.6 Å². The third-order valence-corrected chi connectivity index (χ3v) is 9.21. The average molecular weight is 526 g/mol. The van der Waals surface area contributed by atoms with E-state index in [-0.39, 0.29) is 28.8 Å². The van der Waals surface area contributed by atoms with Gasteiger partial charge in [0, 0.05) is 36.6 Å². The highest BCUT2D eigenvalue weighted by Crippen LogP contribution is 2.55. The minimum absolute atomic E-state index is 0.0303. The van der Waals surface area contributed by atoms with Gasteiger partial charge in [0.15, 0.2) is 0 Å². The lowest BCUT2D eigenvalue weighted by Crippen LogP contribution is -2.46. The first-order valence-corrected chi connectivity index (χ1v) is 15.5. The molecule has 0 spiro atoms. The molecule has 1 aliphatic heterocycles. The number of carbonyl (C=O) groups is 1. The highest BCUT2D eigenvalue weighted by Gasteiger charge is 2.47. The summed E-state index contributed by atoms with van der Waals surface area (Å²) < 4.78 is 6.60. The molecular formula is C34H55NO3. The van der Waals surface area contributed by atoms with Crippen molar-refractivity contribution in [1.29, 1.82) is 0 Å². The number of nitrogens with zero attached hydrogens (tertiary/aromatic N) is 1. The lowest BCUT2D eigenvalue weighted by Gasteiger charge is -2.47. The molecule has 4 nitrogen and oxygen atoms in total. The Balaban J connectivity index is 1.75. The van der Waals surface area contributed by atoms with Crippen molar-refractivity contribution in [3.05, 3.63) is 34.9 Å². The fourth-order valence-electron chi connectivity index (χ4n) is 6.58. The Labute approximate surface area is 233 Å². The van der Waals surface area contributed by atoms with Crippen LogP contribution in [0, 0.1) is 5.92 Å². The minimum atomic E-state index is -0.358. The zero-order valence-electron chi connectivity index (χ0n) is 25.5. The second kappa shape index (κ2) is 13.4. The van der Waals surface area contributed by atoms with Gasteiger partial charge in [-0.3, -0.25) is 4.79 Å². The van der Waals surface area contributed by atoms with Gasteiger partial charge in [0.05, 0.1) is 0 Å². The van der Waals surface area contributed by atoms with E-state index in [2.05, 4.69) is 53.7 Å². The van der Waals surface area contributed by atoms with Crippen LogP contribution in [0.1, 0.15) is 142 Å². The van der Waals surface area contributed by atoms with E-state index in [0.717, 1.165) is 48.3 Å². The Hall–Kier alpha value is -1.97. The fourth-order valence-corrected chi connectivity index (χ4v) is 6.58. The number of phenols is 1. The molecule has 214 valence electrons. The van der Waals surface area contributed by atoms with Gasteiger partial charge in [0.25, 0.3) is 0 Å². The van der Waals surface area contributed by atoms with Gasteiger partial charge in [0.1, 0.15) is 17.1 Å². The van der Waals surface area contributed by atoms with E-state index in [1.54, 1.807) is 0 Å². The zero-order chi connectivity index (χ0) is 27.9. The number of rotatable bonds is 14. The zero-order valence-corrected chi connectivity index (χ0v) is 25.5. The SMILES string of the molecule is CCCCCCCCN(C)C(=O)C1=CC[C@@H]2[C@@H](C1)c1c(O)cc(C(C)(C)CCCCCC)cc1OC2(C)C. The van der Waals surface area contributed by atoms with Crippen molar-refractivity contribution in [3.63, 3.8) is 0 Å². The number of carbonyl (C=O) groups excluding carboxylic acids is 1. The average Bonchev–Trinajstić information content (AvgIpc) is 2.87. The number of hydrogen-bond donors (Lipinski definition) is 1. The lowest BCUT2D eigenvalue weighted by atomic mass is 9.66. The maximum atomic E-state index is 13.4. The number of hydrogen-bond acceptors (Lipinski definition) is 3. The summed E-state index contributed by atoms with van der Waals surface area (Å²) in [7, 11) is 1.94. The summed E-state index contributed by atoms with van der Waals surface area (Å²) >= 11 is 0. The molecule has 1 aromatic carbocycles. The third kappa shape index (κ3) is 7.36. The van der Waals surface area contributed by atoms with Crippen LogP contribution < -0.4 is 4.74 Å². The summed E-state index contributed by atoms with van der Waals surface area (Å²) in [6, 6.07) is 4.15. The molecule has 1 heterocycles. The van der Waals surface area contributed by atoms with Crippen LogP contribution in [0.5, 0.6) is 11.5 Å². The molecule has 0 radical (unpaired) electrons. The van der Waals surface area contributed by atoms with Crippen LogP contribution in [0.15, 0.2) is 23.8 Å². The number of phenolic OH excluding ortho intramolecular Hbond substituents is 1. The first kappa shape index (κ1) is 30.6. The molecule has 0 saturated heterocycles. The van der Waals surface area contributed by atoms with Crippen molar-refractivity contribution in [3.8, 4) is 11.5 Å². The monoisotopic (exact) mass is 525 g/mol. The van der Waals surface area contributed by atoms with Gasteiger partial charge in [-0.2, -0.15) is 0 Å². The van der Waals surface area contributed by atoms with Gasteiger partial charge >= 0.3 is 0 Å². The Morgan fingerprint density at radius 1 is 1.03 bits per heavy atom. The summed E-state index contributed by atoms with van der Waals surface area (Å²) in [4.78, 5) is 15.3. The van der Waals surface area contributed by atoms with Gasteiger partial charge in [-0.25, -0.2) is 0 Å². The second-order valence-corrected chi connectivity index (χ2v) is 13.2. The molecule has 1 aliphatic carbocycles. The molecule has 0 aromatic heterocycles. The summed E-state index contributed by atoms with van der Waals surface area (Å²) in [6.45, 7) is 14.2. The van der Waals surface area contributed by atoms with E-state index < -0.39 is 0 Å². The Kier molecular flexibility index (Phi) is 10.8. The Bertz CT molecular complexity index is 961. The molecule has 0 saturated carbocycles. The number of aromatic hydroxyl groups is 1. The van der Waals surface area contributed by atoms with Crippen LogP contribution in [0.4, 0.5) is 0 Å². The summed E-state index contributed by atoms with van der Waals surface area (Å²) in [5.74, 6) is 1.60. The number of allylic oxidation sites excluding steroid dienone is 1. The molecule has 4 heteroatoms. The van der Waals surface area contributed by atoms with Crippen LogP contribution in [-0.2, 0) is 10.2 Å². The van der Waals surface area contributed by atoms with E-state index in [1.807, 2.05) is 18.0 Å². The summed E-state index contributed by atoms with van der Waals surface area (Å²) in [5.41, 5.74) is 2.54. The molecular weight excluding hydrogens is 470 g/mol. The molecule has 0 unspecified atom stereocenters. The Morgan fingerprint density at radius 2 is 1.66 bits per heavy atom. The molecule has 38 heavy (non-hydrogen) atoms. The predicted molar refractivity (Wildman–Crippen MR) is 159 cm³/mol. The van der Waals surface area contributed by atoms with Crippen molar-refractivity contribution in [2.75, 3.05) is 13.6 Å². The topological polar surface area (TPSA) is 49.8 Å². The first-order chi connectivity index (χ1) is 18.0. The fraction of sp³-hybridized carbons (Fsp3) is 0.735. The molecule has 1 aromatic rings. The van der Waals surface area contributed by atoms with Gasteiger partial charge < -0.3 is 14.7 Å². The highest BCUT2D eigenvalue weighted by atomic mass is 16.5. The van der Waals surface area contributed by atoms with Crippen molar-refractivity contribution >= 4 is 5.91 Å². The van der Waals surface area contributed by atoms with Crippen LogP contribution in [0.2, 0.25) is 0 Å². The molecule has 1 N–H and O–H groups in total. The van der Waals surface area contributed by atoms with Crippen LogP contribution >= 0.6 is 0 Å². The van der Waals surface area contributed by atoms with E-state index >= 15 is 0 Å². The number of likely N-dealkylation sites (N-methyl/N-ethyl adjacent to an activating group) is 1. The normalized spacial score (nSPS) is 20.2. The quantitative estimate of drug-likeness (QED) is 0.246. The second-order valence-electron chi connectivity index (χ2n) is 13.2. The van der Waals surface area contributed by atoms with Gasteiger partial charge in [-0.05, 0) is 62.6 Å². The first-order valence-electron chi connectivity index (χ1n) is 15.5. The van der Waals surface area contributed by atoms with Crippen molar-refractivity contribution in [2.45, 2.75) is 142 Å². The van der Waals surface area contributed by atoms with Crippen molar-refractivity contribution in [1.82, 2.24) is 4.90 Å². The largest absolute Gasteiger partial charge is 0.508 e. The molecule has 0 fully saturated rings. The highest BCUT2D eigenvalue weighted by molar-refractivity contribution is 5.93. The predicted octanol–water partition coefficient (Wildman–Crippen LogP) is 9.05. The number of amides is 1. The lowest BCUT2D eigenvalue weighted by molar-refractivity contribution is -0.126. The maximum absolute atomic E-state index is 13.4. The number of ether oxygens (including phenoxy) is 1. The maximum Gasteiger partial charge on any atom is 0.249 e. The van der Waals surface area contributed by atoms with E-state index in [4.69, 9.17) is 4.74 Å². The molecule has 2 aliphatic rings. The van der Waals surface area contributed by atoms with E-state index in [1.165, 1.54) is 57.8 Å². The van der Waals surface area contributed by atoms with Gasteiger partial charge in [0.2, 0.25) is 5.91 Å². The minimum Gasteiger partial charge on any atom is -0.508 e. The number of benzene rings is 1. The van der Waals surface area contributed by atoms with Crippen molar-refractivity contribution in [2.24, 2.45) is 5.92 Å². The van der Waals surface area contributed by atoms with Crippen LogP contribution in [0.3, 0.4) is 0 Å². The van der Waals surface area contributed by atoms with Crippen molar-refractivity contribution < 1.29 is 14.6 Å². The van der Waals surface area contributed by atoms with Crippen LogP contribution in [-0.4, -0.2) is 35.1 Å². The molecule has 1 amide bonds. The van der Waals surface area contributed by atoms with Crippen LogP contribution in [0.25, 0.3) is 0 Å². The van der Waals surface area contributed by atoms with E-state index in [0.29, 0.717) is 12.2 Å². The smallest absolute Gasteiger partial charge is 0.249 e. The third-order valence-electron chi connectivity index (χ3n) is 9.21. The standard InChI is InChI=1S/C34H55NO3/c1-8-10-12-14-15-17-21-35(7)32(37)25-18-19-28-27(22-25)31-29(36)23-26(24-30(31)38-34(28,5)6)33(3,4)20-16-13-11-9-2/h18,23-24,27-28,36H,8-17,19-22H2,1-7H3/t27-,28-/m1/s1. The number of fused-ring (bicyclic) bond motifs is 3. The Morgan fingerprint density at radius 3 is 2.34 bits per heavy atom. The summed E-state index contributed by atoms with van der Waals surface area (Å²) in [6.07, 6.45) is 17.0. The molecule has 3 rings (SSSR count). The summed E-state index contributed by atoms with van der Waals surface area (Å²) in [5, 5.41) is 11.4. The van der Waals surface area contributed by atoms with E-state index in [9.17, 15) is 9.90 Å².